The zero-order chi connectivity index (χ0) is 22.2. The van der Waals surface area contributed by atoms with Gasteiger partial charge in [-0.3, -0.25) is 9.67 Å². The van der Waals surface area contributed by atoms with Crippen LogP contribution in [-0.2, 0) is 11.8 Å². The summed E-state index contributed by atoms with van der Waals surface area (Å²) in [4.78, 5) is 11.4. The molecule has 1 saturated heterocycles. The van der Waals surface area contributed by atoms with E-state index in [4.69, 9.17) is 14.8 Å². The summed E-state index contributed by atoms with van der Waals surface area (Å²) in [5, 5.41) is 9.44. The van der Waals surface area contributed by atoms with Gasteiger partial charge in [0.15, 0.2) is 5.65 Å². The fourth-order valence-electron chi connectivity index (χ4n) is 4.19. The molecular formula is C25H23N7O. The van der Waals surface area contributed by atoms with E-state index in [2.05, 4.69) is 45.3 Å². The van der Waals surface area contributed by atoms with Gasteiger partial charge in [0.05, 0.1) is 30.3 Å². The summed E-state index contributed by atoms with van der Waals surface area (Å²) in [6.07, 6.45) is 5.52. The number of hydrogen-bond donors (Lipinski definition) is 0. The average molecular weight is 438 g/mol. The average Bonchev–Trinajstić information content (AvgIpc) is 3.51. The van der Waals surface area contributed by atoms with Crippen LogP contribution in [0.1, 0.15) is 0 Å². The Bertz CT molecular complexity index is 1420. The van der Waals surface area contributed by atoms with Gasteiger partial charge in [0.25, 0.3) is 0 Å². The van der Waals surface area contributed by atoms with E-state index in [1.165, 1.54) is 0 Å². The molecule has 1 fully saturated rings. The van der Waals surface area contributed by atoms with Crippen molar-refractivity contribution in [2.24, 2.45) is 7.05 Å². The van der Waals surface area contributed by atoms with Gasteiger partial charge in [-0.1, -0.05) is 18.2 Å². The molecule has 0 N–H and O–H groups in total. The van der Waals surface area contributed by atoms with E-state index in [1.807, 2.05) is 46.7 Å². The van der Waals surface area contributed by atoms with E-state index < -0.39 is 0 Å². The lowest BCUT2D eigenvalue weighted by Gasteiger charge is -2.29. The van der Waals surface area contributed by atoms with Crippen molar-refractivity contribution in [1.29, 1.82) is 0 Å². The van der Waals surface area contributed by atoms with Crippen LogP contribution >= 0.6 is 0 Å². The van der Waals surface area contributed by atoms with Gasteiger partial charge in [-0.05, 0) is 24.3 Å². The van der Waals surface area contributed by atoms with Crippen molar-refractivity contribution in [2.45, 2.75) is 0 Å². The number of aryl methyl sites for hydroxylation is 1. The van der Waals surface area contributed by atoms with Crippen LogP contribution in [0, 0.1) is 0 Å². The van der Waals surface area contributed by atoms with Crippen LogP contribution in [0.3, 0.4) is 0 Å². The molecule has 0 atom stereocenters. The highest BCUT2D eigenvalue weighted by atomic mass is 16.5. The van der Waals surface area contributed by atoms with Gasteiger partial charge in [0, 0.05) is 67.6 Å². The van der Waals surface area contributed by atoms with E-state index in [1.54, 1.807) is 12.4 Å². The summed E-state index contributed by atoms with van der Waals surface area (Å²) >= 11 is 0. The monoisotopic (exact) mass is 437 g/mol. The number of pyridine rings is 1. The quantitative estimate of drug-likeness (QED) is 0.427. The van der Waals surface area contributed by atoms with Gasteiger partial charge < -0.3 is 9.64 Å². The Morgan fingerprint density at radius 2 is 1.58 bits per heavy atom. The molecule has 6 rings (SSSR count). The minimum atomic E-state index is 0.701. The van der Waals surface area contributed by atoms with Crippen LogP contribution in [0.4, 0.5) is 5.82 Å². The second kappa shape index (κ2) is 8.14. The lowest BCUT2D eigenvalue weighted by molar-refractivity contribution is 0.122. The molecule has 0 bridgehead atoms. The second-order valence-corrected chi connectivity index (χ2v) is 8.09. The number of nitrogens with zero attached hydrogens (tertiary/aromatic N) is 7. The molecule has 8 heteroatoms. The summed E-state index contributed by atoms with van der Waals surface area (Å²) < 4.78 is 9.34. The van der Waals surface area contributed by atoms with Crippen LogP contribution < -0.4 is 4.90 Å². The van der Waals surface area contributed by atoms with E-state index in [0.717, 1.165) is 58.3 Å². The van der Waals surface area contributed by atoms with Crippen molar-refractivity contribution < 1.29 is 4.74 Å². The predicted molar refractivity (Wildman–Crippen MR) is 127 cm³/mol. The first-order valence-electron chi connectivity index (χ1n) is 11.0. The molecule has 1 aliphatic heterocycles. The SMILES string of the molecule is Cn1ccc(-c2cccc(-c3cc(N4CCOCC4)n4nc(-c5ccncc5)cc4n3)c2)n1. The van der Waals surface area contributed by atoms with E-state index >= 15 is 0 Å². The Morgan fingerprint density at radius 1 is 0.788 bits per heavy atom. The molecule has 1 aliphatic rings. The zero-order valence-corrected chi connectivity index (χ0v) is 18.3. The van der Waals surface area contributed by atoms with Gasteiger partial charge in [-0.15, -0.1) is 0 Å². The second-order valence-electron chi connectivity index (χ2n) is 8.09. The number of rotatable bonds is 4. The van der Waals surface area contributed by atoms with Gasteiger partial charge in [-0.2, -0.15) is 14.7 Å². The summed E-state index contributed by atoms with van der Waals surface area (Å²) in [6.45, 7) is 3.04. The Labute approximate surface area is 191 Å². The maximum Gasteiger partial charge on any atom is 0.158 e. The summed E-state index contributed by atoms with van der Waals surface area (Å²) in [5.74, 6) is 1.02. The first-order valence-corrected chi connectivity index (χ1v) is 11.0. The summed E-state index contributed by atoms with van der Waals surface area (Å²) in [6, 6.07) is 18.5. The lowest BCUT2D eigenvalue weighted by atomic mass is 10.1. The maximum absolute atomic E-state index is 5.59. The van der Waals surface area contributed by atoms with Crippen LogP contribution in [-0.4, -0.2) is 55.7 Å². The number of hydrogen-bond acceptors (Lipinski definition) is 6. The molecular weight excluding hydrogens is 414 g/mol. The van der Waals surface area contributed by atoms with E-state index in [9.17, 15) is 0 Å². The van der Waals surface area contributed by atoms with E-state index in [0.29, 0.717) is 13.2 Å². The lowest BCUT2D eigenvalue weighted by Crippen LogP contribution is -2.37. The van der Waals surface area contributed by atoms with Crippen molar-refractivity contribution in [3.05, 3.63) is 73.2 Å². The number of aromatic nitrogens is 6. The third-order valence-corrected chi connectivity index (χ3v) is 5.89. The van der Waals surface area contributed by atoms with Gasteiger partial charge in [-0.25, -0.2) is 4.98 Å². The normalized spacial score (nSPS) is 14.2. The largest absolute Gasteiger partial charge is 0.378 e. The zero-order valence-electron chi connectivity index (χ0n) is 18.3. The fraction of sp³-hybridized carbons (Fsp3) is 0.200. The molecule has 1 aromatic carbocycles. The van der Waals surface area contributed by atoms with Crippen molar-refractivity contribution in [1.82, 2.24) is 29.4 Å². The molecule has 0 amide bonds. The summed E-state index contributed by atoms with van der Waals surface area (Å²) in [7, 11) is 1.93. The molecule has 5 aromatic rings. The highest BCUT2D eigenvalue weighted by molar-refractivity contribution is 5.74. The predicted octanol–water partition coefficient (Wildman–Crippen LogP) is 3.70. The maximum atomic E-state index is 5.59. The van der Waals surface area contributed by atoms with Gasteiger partial charge >= 0.3 is 0 Å². The number of morpholine rings is 1. The number of ether oxygens (including phenoxy) is 1. The van der Waals surface area contributed by atoms with E-state index in [-0.39, 0.29) is 0 Å². The third kappa shape index (κ3) is 3.74. The first-order chi connectivity index (χ1) is 16.2. The Hall–Kier alpha value is -4.04. The molecule has 4 aromatic heterocycles. The molecule has 164 valence electrons. The molecule has 8 nitrogen and oxygen atoms in total. The highest BCUT2D eigenvalue weighted by Crippen LogP contribution is 2.30. The van der Waals surface area contributed by atoms with Crippen LogP contribution in [0.15, 0.2) is 73.2 Å². The summed E-state index contributed by atoms with van der Waals surface area (Å²) in [5.41, 5.74) is 6.65. The molecule has 0 unspecified atom stereocenters. The number of fused-ring (bicyclic) bond motifs is 1. The van der Waals surface area contributed by atoms with Crippen molar-refractivity contribution in [2.75, 3.05) is 31.2 Å². The van der Waals surface area contributed by atoms with Crippen LogP contribution in [0.25, 0.3) is 39.4 Å². The Morgan fingerprint density at radius 3 is 2.33 bits per heavy atom. The number of benzene rings is 1. The fourth-order valence-corrected chi connectivity index (χ4v) is 4.19. The molecule has 0 saturated carbocycles. The topological polar surface area (TPSA) is 73.4 Å². The molecule has 33 heavy (non-hydrogen) atoms. The molecule has 0 aliphatic carbocycles. The standard InChI is InChI=1S/C25H23N7O/c1-30-10-7-21(28-30)19-3-2-4-20(15-19)22-17-25(31-11-13-33-14-12-31)32-24(27-22)16-23(29-32)18-5-8-26-9-6-18/h2-10,15-17H,11-14H2,1H3. The minimum Gasteiger partial charge on any atom is -0.378 e. The Balaban J connectivity index is 1.50. The van der Waals surface area contributed by atoms with Gasteiger partial charge in [0.2, 0.25) is 0 Å². The minimum absolute atomic E-state index is 0.701. The smallest absolute Gasteiger partial charge is 0.158 e. The highest BCUT2D eigenvalue weighted by Gasteiger charge is 2.19. The Kier molecular flexibility index (Phi) is 4.84. The molecule has 0 radical (unpaired) electrons. The third-order valence-electron chi connectivity index (χ3n) is 5.89. The molecule has 5 heterocycles. The molecule has 0 spiro atoms. The number of anilines is 1. The van der Waals surface area contributed by atoms with Crippen molar-refractivity contribution in [3.63, 3.8) is 0 Å². The van der Waals surface area contributed by atoms with Gasteiger partial charge in [0.1, 0.15) is 5.82 Å². The van der Waals surface area contributed by atoms with Crippen molar-refractivity contribution in [3.8, 4) is 33.8 Å². The van der Waals surface area contributed by atoms with Crippen LogP contribution in [0.5, 0.6) is 0 Å². The van der Waals surface area contributed by atoms with Crippen molar-refractivity contribution >= 4 is 11.5 Å². The first kappa shape index (κ1) is 19.6. The van der Waals surface area contributed by atoms with Crippen LogP contribution in [0.2, 0.25) is 0 Å².